The maximum Gasteiger partial charge on any atom is 0.232 e. The molecule has 2 rings (SSSR count). The summed E-state index contributed by atoms with van der Waals surface area (Å²) in [5, 5.41) is 0. The van der Waals surface area contributed by atoms with Crippen molar-refractivity contribution in [3.05, 3.63) is 24.3 Å². The van der Waals surface area contributed by atoms with Crippen molar-refractivity contribution < 1.29 is 17.9 Å². The first kappa shape index (κ1) is 19.6. The minimum Gasteiger partial charge on any atom is -0.497 e. The van der Waals surface area contributed by atoms with E-state index in [4.69, 9.17) is 4.74 Å². The molecule has 0 unspecified atom stereocenters. The van der Waals surface area contributed by atoms with Gasteiger partial charge >= 0.3 is 0 Å². The molecule has 0 radical (unpaired) electrons. The van der Waals surface area contributed by atoms with E-state index < -0.39 is 10.0 Å². The van der Waals surface area contributed by atoms with Crippen LogP contribution in [0.3, 0.4) is 0 Å². The highest BCUT2D eigenvalue weighted by Crippen LogP contribution is 2.23. The highest BCUT2D eigenvalue weighted by molar-refractivity contribution is 7.92. The number of benzene rings is 1. The van der Waals surface area contributed by atoms with Gasteiger partial charge < -0.3 is 9.64 Å². The van der Waals surface area contributed by atoms with Crippen LogP contribution in [0.2, 0.25) is 0 Å². The summed E-state index contributed by atoms with van der Waals surface area (Å²) >= 11 is 0. The number of nitrogens with zero attached hydrogens (tertiary/aromatic N) is 2. The predicted octanol–water partition coefficient (Wildman–Crippen LogP) is 2.64. The smallest absolute Gasteiger partial charge is 0.232 e. The van der Waals surface area contributed by atoms with Crippen LogP contribution in [-0.2, 0) is 14.8 Å². The zero-order valence-electron chi connectivity index (χ0n) is 15.1. The number of ether oxygens (including phenoxy) is 1. The molecule has 0 spiro atoms. The van der Waals surface area contributed by atoms with E-state index in [-0.39, 0.29) is 12.5 Å². The zero-order chi connectivity index (χ0) is 18.3. The molecule has 7 heteroatoms. The first-order chi connectivity index (χ1) is 11.9. The van der Waals surface area contributed by atoms with Crippen molar-refractivity contribution in [2.45, 2.75) is 38.5 Å². The summed E-state index contributed by atoms with van der Waals surface area (Å²) < 4.78 is 30.8. The largest absolute Gasteiger partial charge is 0.497 e. The second-order valence-electron chi connectivity index (χ2n) is 6.44. The van der Waals surface area contributed by atoms with E-state index in [1.807, 2.05) is 4.90 Å². The molecule has 0 aromatic heterocycles. The van der Waals surface area contributed by atoms with Crippen LogP contribution in [-0.4, -0.2) is 52.2 Å². The van der Waals surface area contributed by atoms with Crippen molar-refractivity contribution in [1.29, 1.82) is 0 Å². The molecular weight excluding hydrogens is 340 g/mol. The molecule has 1 aliphatic rings. The third-order valence-electron chi connectivity index (χ3n) is 4.45. The molecule has 6 nitrogen and oxygen atoms in total. The van der Waals surface area contributed by atoms with Crippen molar-refractivity contribution >= 4 is 21.6 Å². The van der Waals surface area contributed by atoms with Gasteiger partial charge in [0, 0.05) is 32.1 Å². The van der Waals surface area contributed by atoms with Crippen molar-refractivity contribution in [2.75, 3.05) is 37.3 Å². The van der Waals surface area contributed by atoms with E-state index in [9.17, 15) is 13.2 Å². The van der Waals surface area contributed by atoms with Crippen LogP contribution in [0.1, 0.15) is 38.5 Å². The number of carbonyl (C=O) groups is 1. The molecule has 1 heterocycles. The Morgan fingerprint density at radius 1 is 1.20 bits per heavy atom. The summed E-state index contributed by atoms with van der Waals surface area (Å²) in [4.78, 5) is 14.3. The highest BCUT2D eigenvalue weighted by atomic mass is 32.2. The highest BCUT2D eigenvalue weighted by Gasteiger charge is 2.20. The summed E-state index contributed by atoms with van der Waals surface area (Å²) in [5.74, 6) is 0.729. The average molecular weight is 368 g/mol. The van der Waals surface area contributed by atoms with Gasteiger partial charge in [-0.2, -0.15) is 0 Å². The molecule has 0 N–H and O–H groups in total. The topological polar surface area (TPSA) is 66.9 Å². The SMILES string of the molecule is COc1cccc(N(CCCC(=O)N2CCCCCC2)S(C)(=O)=O)c1. The Labute approximate surface area is 150 Å². The fourth-order valence-electron chi connectivity index (χ4n) is 3.10. The summed E-state index contributed by atoms with van der Waals surface area (Å²) in [5.41, 5.74) is 0.559. The maximum absolute atomic E-state index is 12.4. The van der Waals surface area contributed by atoms with Crippen LogP contribution in [0.5, 0.6) is 5.75 Å². The molecule has 25 heavy (non-hydrogen) atoms. The molecule has 140 valence electrons. The number of rotatable bonds is 7. The molecule has 1 aromatic rings. The number of hydrogen-bond donors (Lipinski definition) is 0. The van der Waals surface area contributed by atoms with E-state index in [0.717, 1.165) is 25.9 Å². The van der Waals surface area contributed by atoms with Gasteiger partial charge in [0.2, 0.25) is 15.9 Å². The first-order valence-corrected chi connectivity index (χ1v) is 10.7. The lowest BCUT2D eigenvalue weighted by atomic mass is 10.2. The van der Waals surface area contributed by atoms with Gasteiger partial charge in [-0.1, -0.05) is 18.9 Å². The second kappa shape index (κ2) is 9.08. The lowest BCUT2D eigenvalue weighted by molar-refractivity contribution is -0.131. The first-order valence-electron chi connectivity index (χ1n) is 8.81. The average Bonchev–Trinajstić information content (AvgIpc) is 2.87. The van der Waals surface area contributed by atoms with E-state index >= 15 is 0 Å². The Morgan fingerprint density at radius 3 is 2.48 bits per heavy atom. The number of sulfonamides is 1. The van der Waals surface area contributed by atoms with Gasteiger partial charge in [-0.05, 0) is 31.4 Å². The predicted molar refractivity (Wildman–Crippen MR) is 99.5 cm³/mol. The number of anilines is 1. The van der Waals surface area contributed by atoms with Gasteiger partial charge in [0.25, 0.3) is 0 Å². The van der Waals surface area contributed by atoms with Crippen molar-refractivity contribution in [2.24, 2.45) is 0 Å². The van der Waals surface area contributed by atoms with E-state index in [1.165, 1.54) is 23.4 Å². The fourth-order valence-corrected chi connectivity index (χ4v) is 4.06. The molecule has 0 aliphatic carbocycles. The molecular formula is C18H28N2O4S. The van der Waals surface area contributed by atoms with E-state index in [0.29, 0.717) is 24.3 Å². The van der Waals surface area contributed by atoms with Gasteiger partial charge in [-0.15, -0.1) is 0 Å². The second-order valence-corrected chi connectivity index (χ2v) is 8.34. The lowest BCUT2D eigenvalue weighted by Crippen LogP contribution is -2.34. The van der Waals surface area contributed by atoms with Crippen LogP contribution in [0.4, 0.5) is 5.69 Å². The molecule has 1 fully saturated rings. The third kappa shape index (κ3) is 5.92. The number of amides is 1. The number of methoxy groups -OCH3 is 1. The molecule has 1 aromatic carbocycles. The van der Waals surface area contributed by atoms with Gasteiger partial charge in [0.05, 0.1) is 19.1 Å². The fraction of sp³-hybridized carbons (Fsp3) is 0.611. The van der Waals surface area contributed by atoms with Crippen LogP contribution < -0.4 is 9.04 Å². The third-order valence-corrected chi connectivity index (χ3v) is 5.65. The Morgan fingerprint density at radius 2 is 1.88 bits per heavy atom. The van der Waals surface area contributed by atoms with Crippen LogP contribution in [0.25, 0.3) is 0 Å². The number of carbonyl (C=O) groups excluding carboxylic acids is 1. The minimum absolute atomic E-state index is 0.126. The Bertz CT molecular complexity index is 667. The normalized spacial score (nSPS) is 15.5. The standard InChI is InChI=1S/C18H28N2O4S/c1-24-17-10-7-9-16(15-17)20(25(2,22)23)14-8-11-18(21)19-12-5-3-4-6-13-19/h7,9-10,15H,3-6,8,11-14H2,1-2H3. The molecule has 1 saturated heterocycles. The minimum atomic E-state index is -3.42. The number of hydrogen-bond acceptors (Lipinski definition) is 4. The maximum atomic E-state index is 12.4. The van der Waals surface area contributed by atoms with Crippen LogP contribution >= 0.6 is 0 Å². The van der Waals surface area contributed by atoms with Crippen molar-refractivity contribution in [3.8, 4) is 5.75 Å². The van der Waals surface area contributed by atoms with Gasteiger partial charge in [0.15, 0.2) is 0 Å². The summed E-state index contributed by atoms with van der Waals surface area (Å²) in [6.45, 7) is 1.93. The quantitative estimate of drug-likeness (QED) is 0.742. The Kier molecular flexibility index (Phi) is 7.11. The Balaban J connectivity index is 1.97. The van der Waals surface area contributed by atoms with Gasteiger partial charge in [0.1, 0.15) is 5.75 Å². The summed E-state index contributed by atoms with van der Waals surface area (Å²) in [6.07, 6.45) is 6.54. The van der Waals surface area contributed by atoms with Gasteiger partial charge in [-0.3, -0.25) is 9.10 Å². The number of likely N-dealkylation sites (tertiary alicyclic amines) is 1. The lowest BCUT2D eigenvalue weighted by Gasteiger charge is -2.24. The van der Waals surface area contributed by atoms with Crippen molar-refractivity contribution in [1.82, 2.24) is 4.90 Å². The summed E-state index contributed by atoms with van der Waals surface area (Å²) in [7, 11) is -1.87. The van der Waals surface area contributed by atoms with E-state index in [2.05, 4.69) is 0 Å². The summed E-state index contributed by atoms with van der Waals surface area (Å²) in [6, 6.07) is 6.96. The molecule has 0 atom stereocenters. The van der Waals surface area contributed by atoms with Crippen LogP contribution in [0.15, 0.2) is 24.3 Å². The molecule has 0 bridgehead atoms. The zero-order valence-corrected chi connectivity index (χ0v) is 15.9. The van der Waals surface area contributed by atoms with Crippen LogP contribution in [0, 0.1) is 0 Å². The monoisotopic (exact) mass is 368 g/mol. The van der Waals surface area contributed by atoms with Crippen molar-refractivity contribution in [3.63, 3.8) is 0 Å². The van der Waals surface area contributed by atoms with E-state index in [1.54, 1.807) is 31.4 Å². The van der Waals surface area contributed by atoms with Gasteiger partial charge in [-0.25, -0.2) is 8.42 Å². The molecule has 1 amide bonds. The molecule has 0 saturated carbocycles. The molecule has 1 aliphatic heterocycles. The Hall–Kier alpha value is -1.76.